The largest absolute Gasteiger partial charge is 0.478 e. The van der Waals surface area contributed by atoms with E-state index in [4.69, 9.17) is 5.11 Å². The Morgan fingerprint density at radius 1 is 1.43 bits per heavy atom. The Labute approximate surface area is 126 Å². The predicted molar refractivity (Wildman–Crippen MR) is 81.9 cm³/mol. The van der Waals surface area contributed by atoms with Crippen LogP contribution in [0, 0.1) is 0 Å². The third-order valence-electron chi connectivity index (χ3n) is 2.49. The van der Waals surface area contributed by atoms with Crippen molar-refractivity contribution in [3.8, 4) is 0 Å². The Bertz CT molecular complexity index is 652. The van der Waals surface area contributed by atoms with Crippen LogP contribution in [0.15, 0.2) is 35.2 Å². The van der Waals surface area contributed by atoms with Crippen molar-refractivity contribution in [3.63, 3.8) is 0 Å². The van der Waals surface area contributed by atoms with Gasteiger partial charge in [-0.15, -0.1) is 0 Å². The molecule has 1 unspecified atom stereocenters. The van der Waals surface area contributed by atoms with Gasteiger partial charge in [-0.25, -0.2) is 17.9 Å². The molecule has 0 saturated heterocycles. The number of sulfonamides is 1. The van der Waals surface area contributed by atoms with Gasteiger partial charge in [0.1, 0.15) is 0 Å². The fourth-order valence-corrected chi connectivity index (χ4v) is 3.20. The zero-order valence-electron chi connectivity index (χ0n) is 11.5. The Morgan fingerprint density at radius 3 is 2.76 bits per heavy atom. The molecule has 0 radical (unpaired) electrons. The topological polar surface area (TPSA) is 101 Å². The summed E-state index contributed by atoms with van der Waals surface area (Å²) < 4.78 is 37.4. The number of carboxylic acid groups (broad SMARTS) is 1. The Kier molecular flexibility index (Phi) is 6.73. The third-order valence-corrected chi connectivity index (χ3v) is 4.81. The summed E-state index contributed by atoms with van der Waals surface area (Å²) in [7, 11) is -4.60. The van der Waals surface area contributed by atoms with Crippen LogP contribution in [0.4, 0.5) is 0 Å². The van der Waals surface area contributed by atoms with Gasteiger partial charge in [0.15, 0.2) is 0 Å². The molecule has 0 fully saturated rings. The molecule has 0 aliphatic heterocycles. The molecule has 2 N–H and O–H groups in total. The lowest BCUT2D eigenvalue weighted by atomic mass is 10.2. The number of hydrogen-bond acceptors (Lipinski definition) is 4. The van der Waals surface area contributed by atoms with Crippen LogP contribution in [0.5, 0.6) is 0 Å². The van der Waals surface area contributed by atoms with Gasteiger partial charge in [0.25, 0.3) is 0 Å². The summed E-state index contributed by atoms with van der Waals surface area (Å²) in [5, 5.41) is 8.55. The number of carbonyl (C=O) groups is 1. The SMILES string of the molecule is CS(=O)CCCNS(=O)(=O)c1cccc(/C=C/C(=O)O)c1. The first kappa shape index (κ1) is 17.5. The second-order valence-corrected chi connectivity index (χ2v) is 7.59. The number of carboxylic acids is 1. The van der Waals surface area contributed by atoms with Gasteiger partial charge in [-0.2, -0.15) is 0 Å². The van der Waals surface area contributed by atoms with E-state index in [0.717, 1.165) is 6.08 Å². The summed E-state index contributed by atoms with van der Waals surface area (Å²) in [5.41, 5.74) is 0.481. The van der Waals surface area contributed by atoms with E-state index in [1.807, 2.05) is 0 Å². The zero-order valence-corrected chi connectivity index (χ0v) is 13.1. The van der Waals surface area contributed by atoms with Gasteiger partial charge in [-0.05, 0) is 30.2 Å². The molecular formula is C13H17NO5S2. The fraction of sp³-hybridized carbons (Fsp3) is 0.308. The van der Waals surface area contributed by atoms with E-state index < -0.39 is 26.8 Å². The van der Waals surface area contributed by atoms with Crippen molar-refractivity contribution in [3.05, 3.63) is 35.9 Å². The summed E-state index contributed by atoms with van der Waals surface area (Å²) in [4.78, 5) is 10.5. The minimum atomic E-state index is -3.65. The first-order valence-electron chi connectivity index (χ1n) is 6.12. The summed E-state index contributed by atoms with van der Waals surface area (Å²) in [6, 6.07) is 5.97. The first-order chi connectivity index (χ1) is 9.81. The van der Waals surface area contributed by atoms with E-state index in [1.165, 1.54) is 24.3 Å². The predicted octanol–water partition coefficient (Wildman–Crippen LogP) is 0.831. The van der Waals surface area contributed by atoms with E-state index in [9.17, 15) is 17.4 Å². The standard InChI is InChI=1S/C13H17NO5S2/c1-20(17)9-3-8-14-21(18,19)12-5-2-4-11(10-12)6-7-13(15)16/h2,4-7,10,14H,3,8-9H2,1H3,(H,15,16)/b7-6+. The van der Waals surface area contributed by atoms with Crippen molar-refractivity contribution in [2.24, 2.45) is 0 Å². The molecule has 0 saturated carbocycles. The summed E-state index contributed by atoms with van der Waals surface area (Å²) >= 11 is 0. The van der Waals surface area contributed by atoms with Crippen LogP contribution in [-0.2, 0) is 25.6 Å². The summed E-state index contributed by atoms with van der Waals surface area (Å²) in [5.74, 6) is -0.668. The molecular weight excluding hydrogens is 314 g/mol. The molecule has 1 rings (SSSR count). The maximum absolute atomic E-state index is 12.0. The van der Waals surface area contributed by atoms with Crippen molar-refractivity contribution in [2.45, 2.75) is 11.3 Å². The number of rotatable bonds is 8. The number of nitrogens with one attached hydrogen (secondary N) is 1. The van der Waals surface area contributed by atoms with Crippen molar-refractivity contribution in [1.29, 1.82) is 0 Å². The van der Waals surface area contributed by atoms with Gasteiger partial charge in [0.2, 0.25) is 10.0 Å². The van der Waals surface area contributed by atoms with Crippen molar-refractivity contribution < 1.29 is 22.5 Å². The molecule has 0 spiro atoms. The summed E-state index contributed by atoms with van der Waals surface area (Å²) in [6.07, 6.45) is 4.31. The van der Waals surface area contributed by atoms with E-state index in [0.29, 0.717) is 17.7 Å². The minimum absolute atomic E-state index is 0.0626. The molecule has 0 bridgehead atoms. The normalized spacial score (nSPS) is 13.4. The molecule has 0 heterocycles. The smallest absolute Gasteiger partial charge is 0.328 e. The second-order valence-electron chi connectivity index (χ2n) is 4.27. The van der Waals surface area contributed by atoms with Crippen LogP contribution in [0.3, 0.4) is 0 Å². The fourth-order valence-electron chi connectivity index (χ4n) is 1.52. The van der Waals surface area contributed by atoms with Gasteiger partial charge in [-0.1, -0.05) is 12.1 Å². The molecule has 0 aromatic heterocycles. The Morgan fingerprint density at radius 2 is 2.14 bits per heavy atom. The molecule has 1 aromatic carbocycles. The van der Waals surface area contributed by atoms with E-state index in [2.05, 4.69) is 4.72 Å². The average Bonchev–Trinajstić information content (AvgIpc) is 2.41. The lowest BCUT2D eigenvalue weighted by molar-refractivity contribution is -0.131. The Hall–Kier alpha value is -1.51. The van der Waals surface area contributed by atoms with Crippen molar-refractivity contribution >= 4 is 32.9 Å². The number of aliphatic carboxylic acids is 1. The van der Waals surface area contributed by atoms with E-state index in [-0.39, 0.29) is 11.4 Å². The van der Waals surface area contributed by atoms with E-state index in [1.54, 1.807) is 12.3 Å². The highest BCUT2D eigenvalue weighted by Gasteiger charge is 2.13. The molecule has 0 aliphatic rings. The molecule has 116 valence electrons. The van der Waals surface area contributed by atoms with E-state index >= 15 is 0 Å². The number of benzene rings is 1. The average molecular weight is 331 g/mol. The monoisotopic (exact) mass is 331 g/mol. The van der Waals surface area contributed by atoms with Crippen LogP contribution in [0.1, 0.15) is 12.0 Å². The maximum atomic E-state index is 12.0. The van der Waals surface area contributed by atoms with Crippen LogP contribution in [-0.4, -0.2) is 42.3 Å². The summed E-state index contributed by atoms with van der Waals surface area (Å²) in [6.45, 7) is 0.205. The van der Waals surface area contributed by atoms with Crippen molar-refractivity contribution in [2.75, 3.05) is 18.6 Å². The van der Waals surface area contributed by atoms with Crippen molar-refractivity contribution in [1.82, 2.24) is 4.72 Å². The quantitative estimate of drug-likeness (QED) is 0.543. The molecule has 0 aliphatic carbocycles. The molecule has 1 aromatic rings. The molecule has 8 heteroatoms. The third kappa shape index (κ3) is 6.65. The molecule has 1 atom stereocenters. The van der Waals surface area contributed by atoms with Gasteiger partial charge >= 0.3 is 5.97 Å². The second kappa shape index (κ2) is 8.06. The number of hydrogen-bond donors (Lipinski definition) is 2. The van der Waals surface area contributed by atoms with Crippen LogP contribution in [0.2, 0.25) is 0 Å². The van der Waals surface area contributed by atoms with Gasteiger partial charge < -0.3 is 5.11 Å². The van der Waals surface area contributed by atoms with Gasteiger partial charge in [-0.3, -0.25) is 4.21 Å². The lowest BCUT2D eigenvalue weighted by Gasteiger charge is -2.07. The Balaban J connectivity index is 2.76. The van der Waals surface area contributed by atoms with Crippen LogP contribution < -0.4 is 4.72 Å². The maximum Gasteiger partial charge on any atom is 0.328 e. The molecule has 0 amide bonds. The molecule has 6 nitrogen and oxygen atoms in total. The lowest BCUT2D eigenvalue weighted by Crippen LogP contribution is -2.25. The highest BCUT2D eigenvalue weighted by molar-refractivity contribution is 7.89. The highest BCUT2D eigenvalue weighted by atomic mass is 32.2. The van der Waals surface area contributed by atoms with Gasteiger partial charge in [0, 0.05) is 35.4 Å². The van der Waals surface area contributed by atoms with Crippen LogP contribution in [0.25, 0.3) is 6.08 Å². The first-order valence-corrected chi connectivity index (χ1v) is 9.33. The molecule has 21 heavy (non-hydrogen) atoms. The van der Waals surface area contributed by atoms with Gasteiger partial charge in [0.05, 0.1) is 4.90 Å². The highest BCUT2D eigenvalue weighted by Crippen LogP contribution is 2.12. The minimum Gasteiger partial charge on any atom is -0.478 e. The zero-order chi connectivity index (χ0) is 15.9. The van der Waals surface area contributed by atoms with Crippen LogP contribution >= 0.6 is 0 Å².